The van der Waals surface area contributed by atoms with Crippen LogP contribution in [0, 0.1) is 88.8 Å². The number of likely N-dealkylation sites (tertiary alicyclic amines) is 3. The van der Waals surface area contributed by atoms with Gasteiger partial charge in [0, 0.05) is 0 Å². The van der Waals surface area contributed by atoms with Crippen molar-refractivity contribution in [1.82, 2.24) is 14.7 Å². The third kappa shape index (κ3) is 5.19. The zero-order chi connectivity index (χ0) is 43.9. The van der Waals surface area contributed by atoms with E-state index in [0.29, 0.717) is 0 Å². The Morgan fingerprint density at radius 2 is 0.424 bits per heavy atom. The lowest BCUT2D eigenvalue weighted by molar-refractivity contribution is -0.163. The molecule has 354 valence electrons. The number of nitrogens with zero attached hydrogens (tertiary/aromatic N) is 3. The lowest BCUT2D eigenvalue weighted by Crippen LogP contribution is -2.62. The maximum atomic E-state index is 13.1. The van der Waals surface area contributed by atoms with Crippen molar-refractivity contribution in [1.29, 1.82) is 0 Å². The van der Waals surface area contributed by atoms with Crippen LogP contribution in [-0.4, -0.2) is 103 Å². The van der Waals surface area contributed by atoms with Crippen LogP contribution in [-0.2, 0) is 43.0 Å². The summed E-state index contributed by atoms with van der Waals surface area (Å²) in [5.74, 6) is 6.81. The van der Waals surface area contributed by atoms with E-state index in [9.17, 15) is 28.8 Å². The molecule has 21 rings (SSSR count). The van der Waals surface area contributed by atoms with Gasteiger partial charge in [0.2, 0.25) is 35.4 Å². The molecule has 0 radical (unpaired) electrons. The average Bonchev–Trinajstić information content (AvgIpc) is 4.14. The Morgan fingerprint density at radius 3 is 0.576 bits per heavy atom. The molecule has 0 spiro atoms. The highest BCUT2D eigenvalue weighted by Gasteiger charge is 2.71. The van der Waals surface area contributed by atoms with Crippen LogP contribution in [0.2, 0.25) is 0 Å². The fourth-order valence-corrected chi connectivity index (χ4v) is 22.6. The molecule has 0 aromatic carbocycles. The molecule has 18 bridgehead atoms. The van der Waals surface area contributed by atoms with Crippen LogP contribution < -0.4 is 0 Å². The smallest absolute Gasteiger partial charge is 0.236 e. The fraction of sp³-hybridized carbons (Fsp3) is 0.889. The van der Waals surface area contributed by atoms with Crippen LogP contribution in [0.1, 0.15) is 154 Å². The number of imide groups is 3. The number of ether oxygens (including phenoxy) is 3. The summed E-state index contributed by atoms with van der Waals surface area (Å²) in [5.41, 5.74) is -0.313. The number of hydrogen-bond donors (Lipinski definition) is 0. The highest BCUT2D eigenvalue weighted by atomic mass is 16.5. The van der Waals surface area contributed by atoms with Gasteiger partial charge in [-0.1, -0.05) is 0 Å². The molecule has 12 saturated carbocycles. The number of fused-ring (bicyclic) bond motifs is 15. The van der Waals surface area contributed by atoms with Gasteiger partial charge in [0.1, 0.15) is 0 Å². The topological polar surface area (TPSA) is 140 Å². The first-order chi connectivity index (χ1) is 31.9. The van der Waals surface area contributed by atoms with E-state index < -0.39 is 0 Å². The predicted octanol–water partition coefficient (Wildman–Crippen LogP) is 6.35. The Bertz CT molecular complexity index is 1810. The minimum absolute atomic E-state index is 0.0327. The first-order valence-electron chi connectivity index (χ1n) is 27.5. The van der Waals surface area contributed by atoms with Crippen molar-refractivity contribution >= 4 is 35.4 Å². The highest BCUT2D eigenvalue weighted by molar-refractivity contribution is 6.08. The largest absolute Gasteiger partial charge is 0.373 e. The van der Waals surface area contributed by atoms with E-state index in [0.717, 1.165) is 150 Å². The summed E-state index contributed by atoms with van der Waals surface area (Å²) in [6.07, 6.45) is 27.9. The van der Waals surface area contributed by atoms with E-state index in [4.69, 9.17) is 14.2 Å². The van der Waals surface area contributed by atoms with Gasteiger partial charge in [-0.3, -0.25) is 43.5 Å². The summed E-state index contributed by atoms with van der Waals surface area (Å²) in [4.78, 5) is 84.2. The summed E-state index contributed by atoms with van der Waals surface area (Å²) in [6, 6.07) is 0. The van der Waals surface area contributed by atoms with Gasteiger partial charge in [0.15, 0.2) is 0 Å². The van der Waals surface area contributed by atoms with E-state index in [2.05, 4.69) is 0 Å². The van der Waals surface area contributed by atoms with Crippen molar-refractivity contribution in [3.8, 4) is 0 Å². The summed E-state index contributed by atoms with van der Waals surface area (Å²) in [7, 11) is 0. The van der Waals surface area contributed by atoms with Crippen molar-refractivity contribution in [3.05, 3.63) is 0 Å². The van der Waals surface area contributed by atoms with Crippen LogP contribution in [0.3, 0.4) is 0 Å². The standard InChI is InChI=1S/3C18H23NO3/c3*20-16-14-12-1-2-13(22-12)15(14)17(21)19(16)18-6-9-3-10(7-18)5-11(4-9)8-18/h3*9-15H,1-8H2/t3*9?,10?,11?,12-,13+,14-,15+,18?. The SMILES string of the molecule is O=C1[C@@H]2[C@H](C(=O)N1C13CC4CC(CC(C4)C1)C3)[C@H]1CC[C@@H]2O1.O=C1[C@@H]2[C@H](C(=O)N1C13CC4CC(CC(C4)C1)C3)[C@H]1CC[C@@H]2O1.O=C1[C@@H]2[C@H](C(=O)N1C13CC4CC(CC(C4)C1)C3)[C@H]1CC[C@@H]2O1. The maximum Gasteiger partial charge on any atom is 0.236 e. The molecule has 0 aromatic rings. The third-order valence-corrected chi connectivity index (χ3v) is 23.3. The van der Waals surface area contributed by atoms with Crippen LogP contribution in [0.5, 0.6) is 0 Å². The number of hydrogen-bond acceptors (Lipinski definition) is 9. The Morgan fingerprint density at radius 1 is 0.273 bits per heavy atom. The number of rotatable bonds is 3. The molecule has 21 aliphatic rings. The first kappa shape index (κ1) is 40.1. The van der Waals surface area contributed by atoms with Crippen molar-refractivity contribution < 1.29 is 43.0 Å². The average molecular weight is 904 g/mol. The molecule has 6 amide bonds. The molecule has 12 aliphatic carbocycles. The lowest BCUT2D eigenvalue weighted by Gasteiger charge is -2.59. The fourth-order valence-electron chi connectivity index (χ4n) is 22.6. The molecule has 9 aliphatic heterocycles. The molecule has 9 saturated heterocycles. The van der Waals surface area contributed by atoms with Gasteiger partial charge in [-0.05, 0) is 207 Å². The second kappa shape index (κ2) is 13.4. The molecule has 0 aromatic heterocycles. The Labute approximate surface area is 388 Å². The lowest BCUT2D eigenvalue weighted by atomic mass is 9.52. The summed E-state index contributed by atoms with van der Waals surface area (Å²) in [6.45, 7) is 0. The van der Waals surface area contributed by atoms with E-state index in [1.165, 1.54) is 57.8 Å². The van der Waals surface area contributed by atoms with E-state index in [-0.39, 0.29) is 124 Å². The van der Waals surface area contributed by atoms with Crippen LogP contribution in [0.4, 0.5) is 0 Å². The minimum Gasteiger partial charge on any atom is -0.373 e. The molecule has 66 heavy (non-hydrogen) atoms. The molecule has 0 unspecified atom stereocenters. The monoisotopic (exact) mass is 904 g/mol. The summed E-state index contributed by atoms with van der Waals surface area (Å²) in [5, 5.41) is 0. The van der Waals surface area contributed by atoms with E-state index in [1.54, 1.807) is 14.7 Å². The predicted molar refractivity (Wildman–Crippen MR) is 233 cm³/mol. The van der Waals surface area contributed by atoms with Crippen molar-refractivity contribution in [2.75, 3.05) is 0 Å². The summed E-state index contributed by atoms with van der Waals surface area (Å²) >= 11 is 0. The quantitative estimate of drug-likeness (QED) is 0.297. The van der Waals surface area contributed by atoms with E-state index >= 15 is 0 Å². The molecular formula is C54H69N3O9. The summed E-state index contributed by atoms with van der Waals surface area (Å²) < 4.78 is 17.6. The number of carbonyl (C=O) groups excluding carboxylic acids is 6. The van der Waals surface area contributed by atoms with Crippen molar-refractivity contribution in [2.24, 2.45) is 88.8 Å². The van der Waals surface area contributed by atoms with Crippen LogP contribution >= 0.6 is 0 Å². The number of carbonyl (C=O) groups is 6. The van der Waals surface area contributed by atoms with E-state index in [1.807, 2.05) is 0 Å². The molecular weight excluding hydrogens is 835 g/mol. The first-order valence-corrected chi connectivity index (χ1v) is 27.5. The van der Waals surface area contributed by atoms with Gasteiger partial charge in [-0.25, -0.2) is 0 Å². The molecule has 12 atom stereocenters. The van der Waals surface area contributed by atoms with Gasteiger partial charge >= 0.3 is 0 Å². The van der Waals surface area contributed by atoms with Crippen LogP contribution in [0.25, 0.3) is 0 Å². The van der Waals surface area contributed by atoms with Crippen molar-refractivity contribution in [2.45, 2.75) is 207 Å². The minimum atomic E-state index is -0.140. The second-order valence-corrected chi connectivity index (χ2v) is 27.0. The Kier molecular flexibility index (Phi) is 8.12. The highest BCUT2D eigenvalue weighted by Crippen LogP contribution is 2.64. The second-order valence-electron chi connectivity index (χ2n) is 27.0. The zero-order valence-electron chi connectivity index (χ0n) is 38.6. The van der Waals surface area contributed by atoms with Crippen LogP contribution in [0.15, 0.2) is 0 Å². The molecule has 0 N–H and O–H groups in total. The third-order valence-electron chi connectivity index (χ3n) is 23.3. The molecule has 9 heterocycles. The molecule has 12 nitrogen and oxygen atoms in total. The molecule has 12 heteroatoms. The normalized spacial score (nSPS) is 58.0. The molecule has 21 fully saturated rings. The maximum absolute atomic E-state index is 13.1. The van der Waals surface area contributed by atoms with Gasteiger partial charge in [0.05, 0.1) is 88.7 Å². The number of amides is 6. The van der Waals surface area contributed by atoms with Gasteiger partial charge in [0.25, 0.3) is 0 Å². The van der Waals surface area contributed by atoms with Crippen molar-refractivity contribution in [3.63, 3.8) is 0 Å². The van der Waals surface area contributed by atoms with Gasteiger partial charge < -0.3 is 14.2 Å². The van der Waals surface area contributed by atoms with Gasteiger partial charge in [-0.2, -0.15) is 0 Å². The zero-order valence-corrected chi connectivity index (χ0v) is 38.6. The Balaban J connectivity index is 0.0000000877. The van der Waals surface area contributed by atoms with Gasteiger partial charge in [-0.15, -0.1) is 0 Å². The Hall–Kier alpha value is -2.70.